The SMILES string of the molecule is CC(C)(C)c1ccc(NC(=O)CCN2C(=O)c3ccccc3C2=O)cc1. The fourth-order valence-corrected chi connectivity index (χ4v) is 2.93. The first-order valence-corrected chi connectivity index (χ1v) is 8.63. The average molecular weight is 350 g/mol. The van der Waals surface area contributed by atoms with Gasteiger partial charge in [-0.1, -0.05) is 45.0 Å². The number of benzene rings is 2. The van der Waals surface area contributed by atoms with E-state index in [4.69, 9.17) is 0 Å². The molecule has 0 aromatic heterocycles. The molecule has 0 aliphatic carbocycles. The van der Waals surface area contributed by atoms with Gasteiger partial charge in [0, 0.05) is 18.7 Å². The Labute approximate surface area is 153 Å². The number of fused-ring (bicyclic) bond motifs is 1. The first-order chi connectivity index (χ1) is 12.3. The maximum absolute atomic E-state index is 12.3. The minimum Gasteiger partial charge on any atom is -0.326 e. The Morgan fingerprint density at radius 2 is 1.46 bits per heavy atom. The van der Waals surface area contributed by atoms with Crippen molar-refractivity contribution in [3.8, 4) is 0 Å². The molecule has 3 rings (SSSR count). The molecule has 2 aromatic rings. The highest BCUT2D eigenvalue weighted by Gasteiger charge is 2.34. The van der Waals surface area contributed by atoms with Crippen LogP contribution in [0.4, 0.5) is 5.69 Å². The molecular formula is C21H22N2O3. The number of hydrogen-bond donors (Lipinski definition) is 1. The van der Waals surface area contributed by atoms with Gasteiger partial charge in [-0.3, -0.25) is 19.3 Å². The number of anilines is 1. The molecule has 0 unspecified atom stereocenters. The Bertz CT molecular complexity index is 829. The lowest BCUT2D eigenvalue weighted by Crippen LogP contribution is -2.32. The second-order valence-corrected chi connectivity index (χ2v) is 7.43. The van der Waals surface area contributed by atoms with Crippen LogP contribution in [0.15, 0.2) is 48.5 Å². The molecule has 0 saturated heterocycles. The number of imide groups is 1. The molecule has 5 heteroatoms. The van der Waals surface area contributed by atoms with Crippen LogP contribution in [0.3, 0.4) is 0 Å². The molecule has 1 heterocycles. The molecule has 1 aliphatic rings. The Balaban J connectivity index is 1.58. The fourth-order valence-electron chi connectivity index (χ4n) is 2.93. The van der Waals surface area contributed by atoms with Crippen molar-refractivity contribution in [3.63, 3.8) is 0 Å². The van der Waals surface area contributed by atoms with Gasteiger partial charge >= 0.3 is 0 Å². The third-order valence-electron chi connectivity index (χ3n) is 4.48. The molecule has 0 atom stereocenters. The number of nitrogens with one attached hydrogen (secondary N) is 1. The molecule has 2 aromatic carbocycles. The van der Waals surface area contributed by atoms with Crippen LogP contribution in [0.5, 0.6) is 0 Å². The Morgan fingerprint density at radius 3 is 1.96 bits per heavy atom. The van der Waals surface area contributed by atoms with E-state index in [0.717, 1.165) is 4.90 Å². The summed E-state index contributed by atoms with van der Waals surface area (Å²) in [5, 5.41) is 2.81. The molecule has 0 fully saturated rings. The van der Waals surface area contributed by atoms with E-state index in [9.17, 15) is 14.4 Å². The molecule has 0 bridgehead atoms. The molecule has 0 spiro atoms. The number of amides is 3. The van der Waals surface area contributed by atoms with Gasteiger partial charge in [-0.05, 0) is 35.2 Å². The number of hydrogen-bond acceptors (Lipinski definition) is 3. The van der Waals surface area contributed by atoms with Gasteiger partial charge < -0.3 is 5.32 Å². The summed E-state index contributed by atoms with van der Waals surface area (Å²) in [5.74, 6) is -0.911. The molecule has 5 nitrogen and oxygen atoms in total. The van der Waals surface area contributed by atoms with Gasteiger partial charge in [-0.15, -0.1) is 0 Å². The van der Waals surface area contributed by atoms with Crippen LogP contribution in [0.1, 0.15) is 53.5 Å². The third-order valence-corrected chi connectivity index (χ3v) is 4.48. The zero-order chi connectivity index (χ0) is 18.9. The highest BCUT2D eigenvalue weighted by Crippen LogP contribution is 2.24. The summed E-state index contributed by atoms with van der Waals surface area (Å²) in [7, 11) is 0. The lowest BCUT2D eigenvalue weighted by molar-refractivity contribution is -0.116. The summed E-state index contributed by atoms with van der Waals surface area (Å²) in [5.41, 5.74) is 2.73. The quantitative estimate of drug-likeness (QED) is 0.857. The highest BCUT2D eigenvalue weighted by atomic mass is 16.2. The van der Waals surface area contributed by atoms with Gasteiger partial charge in [-0.25, -0.2) is 0 Å². The number of carbonyl (C=O) groups is 3. The highest BCUT2D eigenvalue weighted by molar-refractivity contribution is 6.21. The van der Waals surface area contributed by atoms with Gasteiger partial charge in [-0.2, -0.15) is 0 Å². The van der Waals surface area contributed by atoms with E-state index in [1.807, 2.05) is 24.3 Å². The summed E-state index contributed by atoms with van der Waals surface area (Å²) < 4.78 is 0. The summed E-state index contributed by atoms with van der Waals surface area (Å²) in [4.78, 5) is 37.9. The van der Waals surface area contributed by atoms with Crippen molar-refractivity contribution in [3.05, 3.63) is 65.2 Å². The Kier molecular flexibility index (Phi) is 4.64. The van der Waals surface area contributed by atoms with E-state index in [-0.39, 0.29) is 36.1 Å². The standard InChI is InChI=1S/C21H22N2O3/c1-21(2,3)14-8-10-15(11-9-14)22-18(24)12-13-23-19(25)16-6-4-5-7-17(16)20(23)26/h4-11H,12-13H2,1-3H3,(H,22,24). The summed E-state index contributed by atoms with van der Waals surface area (Å²) in [6.45, 7) is 6.45. The molecule has 0 radical (unpaired) electrons. The molecule has 1 N–H and O–H groups in total. The fraction of sp³-hybridized carbons (Fsp3) is 0.286. The van der Waals surface area contributed by atoms with Crippen molar-refractivity contribution in [1.82, 2.24) is 4.90 Å². The Hall–Kier alpha value is -2.95. The van der Waals surface area contributed by atoms with Crippen molar-refractivity contribution in [2.75, 3.05) is 11.9 Å². The van der Waals surface area contributed by atoms with E-state index in [2.05, 4.69) is 26.1 Å². The lowest BCUT2D eigenvalue weighted by Gasteiger charge is -2.19. The third kappa shape index (κ3) is 3.52. The summed E-state index contributed by atoms with van der Waals surface area (Å²) in [6.07, 6.45) is 0.0620. The topological polar surface area (TPSA) is 66.5 Å². The molecule has 0 saturated carbocycles. The number of carbonyl (C=O) groups excluding carboxylic acids is 3. The average Bonchev–Trinajstić information content (AvgIpc) is 2.84. The van der Waals surface area contributed by atoms with Crippen molar-refractivity contribution in [2.45, 2.75) is 32.6 Å². The lowest BCUT2D eigenvalue weighted by atomic mass is 9.87. The maximum Gasteiger partial charge on any atom is 0.261 e. The molecule has 3 amide bonds. The predicted molar refractivity (Wildman–Crippen MR) is 100 cm³/mol. The van der Waals surface area contributed by atoms with E-state index < -0.39 is 0 Å². The molecular weight excluding hydrogens is 328 g/mol. The van der Waals surface area contributed by atoms with Gasteiger partial charge in [0.15, 0.2) is 0 Å². The summed E-state index contributed by atoms with van der Waals surface area (Å²) in [6, 6.07) is 14.4. The summed E-state index contributed by atoms with van der Waals surface area (Å²) >= 11 is 0. The first kappa shape index (κ1) is 17.9. The normalized spacial score (nSPS) is 13.7. The second-order valence-electron chi connectivity index (χ2n) is 7.43. The number of nitrogens with zero attached hydrogens (tertiary/aromatic N) is 1. The largest absolute Gasteiger partial charge is 0.326 e. The minimum absolute atomic E-state index is 0.0496. The van der Waals surface area contributed by atoms with Crippen molar-refractivity contribution >= 4 is 23.4 Å². The minimum atomic E-state index is -0.340. The van der Waals surface area contributed by atoms with E-state index in [1.165, 1.54) is 5.56 Å². The zero-order valence-corrected chi connectivity index (χ0v) is 15.2. The predicted octanol–water partition coefficient (Wildman–Crippen LogP) is 3.61. The monoisotopic (exact) mass is 350 g/mol. The van der Waals surface area contributed by atoms with Gasteiger partial charge in [0.2, 0.25) is 5.91 Å². The van der Waals surface area contributed by atoms with Crippen LogP contribution >= 0.6 is 0 Å². The van der Waals surface area contributed by atoms with Crippen LogP contribution in [-0.2, 0) is 10.2 Å². The number of rotatable bonds is 4. The molecule has 134 valence electrons. The van der Waals surface area contributed by atoms with E-state index >= 15 is 0 Å². The second kappa shape index (κ2) is 6.75. The molecule has 1 aliphatic heterocycles. The van der Waals surface area contributed by atoms with Crippen molar-refractivity contribution < 1.29 is 14.4 Å². The van der Waals surface area contributed by atoms with Crippen molar-refractivity contribution in [2.24, 2.45) is 0 Å². The Morgan fingerprint density at radius 1 is 0.923 bits per heavy atom. The van der Waals surface area contributed by atoms with Crippen LogP contribution in [0, 0.1) is 0 Å². The van der Waals surface area contributed by atoms with Gasteiger partial charge in [0.25, 0.3) is 11.8 Å². The van der Waals surface area contributed by atoms with Crippen LogP contribution in [-0.4, -0.2) is 29.2 Å². The van der Waals surface area contributed by atoms with Crippen LogP contribution < -0.4 is 5.32 Å². The van der Waals surface area contributed by atoms with E-state index in [1.54, 1.807) is 24.3 Å². The van der Waals surface area contributed by atoms with Gasteiger partial charge in [0.1, 0.15) is 0 Å². The van der Waals surface area contributed by atoms with Gasteiger partial charge in [0.05, 0.1) is 11.1 Å². The maximum atomic E-state index is 12.3. The van der Waals surface area contributed by atoms with Crippen LogP contribution in [0.25, 0.3) is 0 Å². The first-order valence-electron chi connectivity index (χ1n) is 8.63. The van der Waals surface area contributed by atoms with Crippen LogP contribution in [0.2, 0.25) is 0 Å². The molecule has 26 heavy (non-hydrogen) atoms. The smallest absolute Gasteiger partial charge is 0.261 e. The van der Waals surface area contributed by atoms with Crippen molar-refractivity contribution in [1.29, 1.82) is 0 Å². The zero-order valence-electron chi connectivity index (χ0n) is 15.2. The van der Waals surface area contributed by atoms with E-state index in [0.29, 0.717) is 16.8 Å².